The van der Waals surface area contributed by atoms with E-state index in [9.17, 15) is 19.2 Å². The molecular formula is C32H31BrN8O5. The highest BCUT2D eigenvalue weighted by atomic mass is 79.9. The van der Waals surface area contributed by atoms with E-state index < -0.39 is 11.5 Å². The van der Waals surface area contributed by atoms with Crippen LogP contribution in [0.3, 0.4) is 0 Å². The summed E-state index contributed by atoms with van der Waals surface area (Å²) in [6.07, 6.45) is 4.70. The van der Waals surface area contributed by atoms with Gasteiger partial charge in [0.2, 0.25) is 17.7 Å². The van der Waals surface area contributed by atoms with E-state index in [-0.39, 0.29) is 61.4 Å². The van der Waals surface area contributed by atoms with E-state index in [1.54, 1.807) is 36.4 Å². The number of carbonyl (C=O) groups is 4. The predicted octanol–water partition coefficient (Wildman–Crippen LogP) is 3.20. The summed E-state index contributed by atoms with van der Waals surface area (Å²) in [5, 5.41) is 11.1. The third-order valence-electron chi connectivity index (χ3n) is 9.05. The van der Waals surface area contributed by atoms with Crippen LogP contribution in [0.25, 0.3) is 22.0 Å². The number of nitrogens with one attached hydrogen (secondary N) is 2. The first kappa shape index (κ1) is 30.1. The Kier molecular flexibility index (Phi) is 7.64. The molecule has 3 aromatic heterocycles. The van der Waals surface area contributed by atoms with Gasteiger partial charge in [0.1, 0.15) is 34.5 Å². The zero-order valence-electron chi connectivity index (χ0n) is 25.2. The van der Waals surface area contributed by atoms with Crippen molar-refractivity contribution in [3.8, 4) is 11.1 Å². The zero-order valence-corrected chi connectivity index (χ0v) is 26.8. The number of ketones is 1. The van der Waals surface area contributed by atoms with Gasteiger partial charge in [0, 0.05) is 60.3 Å². The molecule has 1 aromatic carbocycles. The lowest BCUT2D eigenvalue weighted by atomic mass is 9.98. The summed E-state index contributed by atoms with van der Waals surface area (Å²) in [5.74, 6) is -0.0632. The number of piperidine rings is 1. The zero-order chi connectivity index (χ0) is 32.2. The molecule has 1 spiro atoms. The summed E-state index contributed by atoms with van der Waals surface area (Å²) < 4.78 is 7.76. The molecule has 2 bridgehead atoms. The summed E-state index contributed by atoms with van der Waals surface area (Å²) in [7, 11) is 0. The minimum absolute atomic E-state index is 0.145. The number of ether oxygens (including phenoxy) is 1. The topological polar surface area (TPSA) is 161 Å². The highest BCUT2D eigenvalue weighted by molar-refractivity contribution is 9.10. The Hall–Kier alpha value is -4.56. The molecule has 1 saturated heterocycles. The van der Waals surface area contributed by atoms with Crippen molar-refractivity contribution >= 4 is 56.2 Å². The smallest absolute Gasteiger partial charge is 0.248 e. The molecule has 3 amide bonds. The van der Waals surface area contributed by atoms with Crippen LogP contribution in [0.5, 0.6) is 0 Å². The van der Waals surface area contributed by atoms with E-state index in [1.165, 1.54) is 11.6 Å². The largest absolute Gasteiger partial charge is 0.376 e. The fourth-order valence-corrected chi connectivity index (χ4v) is 6.87. The normalized spacial score (nSPS) is 22.8. The van der Waals surface area contributed by atoms with Crippen molar-refractivity contribution < 1.29 is 23.9 Å². The molecular weight excluding hydrogens is 656 g/mol. The summed E-state index contributed by atoms with van der Waals surface area (Å²) in [4.78, 5) is 67.9. The maximum absolute atomic E-state index is 14.1. The van der Waals surface area contributed by atoms with Gasteiger partial charge in [-0.15, -0.1) is 0 Å². The van der Waals surface area contributed by atoms with Crippen LogP contribution in [0.1, 0.15) is 48.1 Å². The minimum Gasteiger partial charge on any atom is -0.376 e. The average Bonchev–Trinajstić information content (AvgIpc) is 3.45. The number of anilines is 1. The van der Waals surface area contributed by atoms with Crippen molar-refractivity contribution in [3.63, 3.8) is 0 Å². The molecule has 0 unspecified atom stereocenters. The number of pyridine rings is 1. The quantitative estimate of drug-likeness (QED) is 0.243. The van der Waals surface area contributed by atoms with Crippen LogP contribution >= 0.6 is 15.9 Å². The second kappa shape index (κ2) is 11.7. The highest BCUT2D eigenvalue weighted by Crippen LogP contribution is 2.59. The second-order valence-corrected chi connectivity index (χ2v) is 12.9. The van der Waals surface area contributed by atoms with Crippen molar-refractivity contribution in [1.29, 1.82) is 0 Å². The summed E-state index contributed by atoms with van der Waals surface area (Å²) in [5.41, 5.74) is 2.72. The van der Waals surface area contributed by atoms with E-state index >= 15 is 0 Å². The number of fused-ring (bicyclic) bond motifs is 3. The Morgan fingerprint density at radius 1 is 1.11 bits per heavy atom. The molecule has 2 aliphatic heterocycles. The molecule has 236 valence electrons. The van der Waals surface area contributed by atoms with E-state index in [0.29, 0.717) is 52.1 Å². The van der Waals surface area contributed by atoms with Gasteiger partial charge in [-0.05, 0) is 59.5 Å². The molecule has 46 heavy (non-hydrogen) atoms. The second-order valence-electron chi connectivity index (χ2n) is 12.1. The van der Waals surface area contributed by atoms with Crippen molar-refractivity contribution in [1.82, 2.24) is 34.9 Å². The Bertz CT molecular complexity index is 1910. The number of aromatic nitrogens is 5. The number of Topliss-reactive ketones (excluding diaryl/α,β-unsaturated/α-hetero) is 1. The number of aryl methyl sites for hydroxylation is 1. The third-order valence-corrected chi connectivity index (χ3v) is 9.49. The number of likely N-dealkylation sites (tertiary alicyclic amines) is 1. The van der Waals surface area contributed by atoms with E-state index in [4.69, 9.17) is 4.74 Å². The number of amides is 3. The van der Waals surface area contributed by atoms with Gasteiger partial charge in [-0.1, -0.05) is 12.1 Å². The van der Waals surface area contributed by atoms with Gasteiger partial charge in [-0.25, -0.2) is 15.0 Å². The molecule has 1 aliphatic carbocycles. The number of halogens is 1. The Balaban J connectivity index is 1.20. The lowest BCUT2D eigenvalue weighted by Crippen LogP contribution is -2.47. The molecule has 3 atom stereocenters. The van der Waals surface area contributed by atoms with Crippen molar-refractivity contribution in [2.24, 2.45) is 5.41 Å². The standard InChI is InChI=1S/C32H31BrN8O5/c1-17(42)29-22-9-19(21-12-34-18(2)35-13-21)3-5-23(22)40(39-29)14-28(44)41-24-10-32(11-25(32)41)16-36-27(43)7-8-46-15-20-4-6-26(33)37-30(20)38-31(24)45/h3-6,9,12-13,24-25H,7-8,10-11,14-16H2,1-2H3,(H,36,43)(H,37,38,45)/t24-,25+,32-/m0/s1. The van der Waals surface area contributed by atoms with Gasteiger partial charge in [-0.2, -0.15) is 5.10 Å². The number of nitrogens with zero attached hydrogens (tertiary/aromatic N) is 6. The fraction of sp³-hybridized carbons (Fsp3) is 0.375. The number of carbonyl (C=O) groups excluding carboxylic acids is 4. The van der Waals surface area contributed by atoms with Gasteiger partial charge < -0.3 is 20.3 Å². The molecule has 2 fully saturated rings. The molecule has 0 radical (unpaired) electrons. The van der Waals surface area contributed by atoms with E-state index in [0.717, 1.165) is 11.1 Å². The van der Waals surface area contributed by atoms with E-state index in [2.05, 4.69) is 46.6 Å². The average molecular weight is 688 g/mol. The Morgan fingerprint density at radius 3 is 2.70 bits per heavy atom. The predicted molar refractivity (Wildman–Crippen MR) is 169 cm³/mol. The number of rotatable bonds is 4. The van der Waals surface area contributed by atoms with Crippen LogP contribution in [0.15, 0.2) is 47.3 Å². The first-order valence-corrected chi connectivity index (χ1v) is 15.8. The molecule has 7 rings (SSSR count). The van der Waals surface area contributed by atoms with Crippen molar-refractivity contribution in [2.75, 3.05) is 18.5 Å². The highest BCUT2D eigenvalue weighted by Gasteiger charge is 2.67. The van der Waals surface area contributed by atoms with Crippen LogP contribution < -0.4 is 10.6 Å². The van der Waals surface area contributed by atoms with E-state index in [1.807, 2.05) is 18.2 Å². The molecule has 13 nitrogen and oxygen atoms in total. The maximum atomic E-state index is 14.1. The van der Waals surface area contributed by atoms with Crippen LogP contribution in [0, 0.1) is 12.3 Å². The van der Waals surface area contributed by atoms with Crippen LogP contribution in [0.4, 0.5) is 5.82 Å². The van der Waals surface area contributed by atoms with Crippen molar-refractivity contribution in [2.45, 2.75) is 58.3 Å². The van der Waals surface area contributed by atoms with Gasteiger partial charge in [0.05, 0.1) is 18.7 Å². The minimum atomic E-state index is -0.789. The first-order valence-electron chi connectivity index (χ1n) is 15.0. The Morgan fingerprint density at radius 2 is 1.91 bits per heavy atom. The van der Waals surface area contributed by atoms with Gasteiger partial charge in [0.15, 0.2) is 5.78 Å². The van der Waals surface area contributed by atoms with Crippen molar-refractivity contribution in [3.05, 3.63) is 64.4 Å². The van der Waals surface area contributed by atoms with Gasteiger partial charge in [0.25, 0.3) is 0 Å². The van der Waals surface area contributed by atoms with Gasteiger partial charge in [-0.3, -0.25) is 23.9 Å². The first-order chi connectivity index (χ1) is 22.1. The SMILES string of the molecule is CC(=O)c1nn(CC(=O)N2[C@H]3C[C@@]4(CNC(=O)CCOCc5ccc(Br)nc5NC3=O)C[C@@H]24)c2ccc(-c3cnc(C)nc3)cc12. The summed E-state index contributed by atoms with van der Waals surface area (Å²) in [6.45, 7) is 3.81. The maximum Gasteiger partial charge on any atom is 0.248 e. The third kappa shape index (κ3) is 5.55. The molecule has 3 aliphatic rings. The Labute approximate surface area is 272 Å². The summed E-state index contributed by atoms with van der Waals surface area (Å²) >= 11 is 3.37. The fourth-order valence-electron chi connectivity index (χ4n) is 6.56. The summed E-state index contributed by atoms with van der Waals surface area (Å²) in [6, 6.07) is 8.09. The van der Waals surface area contributed by atoms with Crippen LogP contribution in [-0.4, -0.2) is 78.4 Å². The molecule has 14 heteroatoms. The lowest BCUT2D eigenvalue weighted by molar-refractivity contribution is -0.138. The number of hydrogen-bond acceptors (Lipinski definition) is 9. The van der Waals surface area contributed by atoms with Crippen LogP contribution in [-0.2, 0) is 32.3 Å². The number of hydrogen-bond donors (Lipinski definition) is 2. The number of benzene rings is 1. The lowest BCUT2D eigenvalue weighted by Gasteiger charge is -2.27. The molecule has 1 saturated carbocycles. The molecule has 5 heterocycles. The van der Waals surface area contributed by atoms with Gasteiger partial charge >= 0.3 is 0 Å². The van der Waals surface area contributed by atoms with Crippen LogP contribution in [0.2, 0.25) is 0 Å². The molecule has 4 aromatic rings. The monoisotopic (exact) mass is 686 g/mol. The molecule has 2 N–H and O–H groups in total.